The number of hydrogen-bond donors (Lipinski definition) is 1. The van der Waals surface area contributed by atoms with E-state index in [2.05, 4.69) is 10.4 Å². The first-order chi connectivity index (χ1) is 17.8. The van der Waals surface area contributed by atoms with Crippen molar-refractivity contribution in [2.75, 3.05) is 16.8 Å². The summed E-state index contributed by atoms with van der Waals surface area (Å²) >= 11 is 0. The average Bonchev–Trinajstić information content (AvgIpc) is 3.53. The molecule has 7 nitrogen and oxygen atoms in total. The van der Waals surface area contributed by atoms with Crippen LogP contribution in [0.2, 0.25) is 0 Å². The van der Waals surface area contributed by atoms with Crippen LogP contribution in [0.15, 0.2) is 42.6 Å². The van der Waals surface area contributed by atoms with Crippen molar-refractivity contribution in [1.82, 2.24) is 14.7 Å². The largest absolute Gasteiger partial charge is 0.322 e. The van der Waals surface area contributed by atoms with Gasteiger partial charge in [0.2, 0.25) is 5.91 Å². The SMILES string of the molecule is O=C1CC(c2ccc(F)cc2)CN1c1cnn2c1CN(C(=O)Nc1cc(F)c(F)c(F)c1)C(C1CC1)C2. The van der Waals surface area contributed by atoms with Gasteiger partial charge in [-0.05, 0) is 36.5 Å². The molecule has 2 fully saturated rings. The molecule has 0 spiro atoms. The Labute approximate surface area is 209 Å². The van der Waals surface area contributed by atoms with Gasteiger partial charge in [-0.1, -0.05) is 12.1 Å². The van der Waals surface area contributed by atoms with E-state index in [1.165, 1.54) is 12.1 Å². The highest BCUT2D eigenvalue weighted by atomic mass is 19.2. The summed E-state index contributed by atoms with van der Waals surface area (Å²) in [7, 11) is 0. The van der Waals surface area contributed by atoms with Gasteiger partial charge in [0.05, 0.1) is 36.7 Å². The van der Waals surface area contributed by atoms with Crippen molar-refractivity contribution in [3.63, 3.8) is 0 Å². The molecule has 2 aromatic carbocycles. The lowest BCUT2D eigenvalue weighted by Gasteiger charge is -2.37. The quantitative estimate of drug-likeness (QED) is 0.403. The molecule has 2 unspecified atom stereocenters. The number of nitrogens with one attached hydrogen (secondary N) is 1. The van der Waals surface area contributed by atoms with Crippen LogP contribution in [0.1, 0.15) is 36.4 Å². The molecule has 1 saturated heterocycles. The molecule has 3 aliphatic rings. The number of rotatable bonds is 4. The zero-order chi connectivity index (χ0) is 25.8. The Kier molecular flexibility index (Phi) is 5.65. The molecule has 37 heavy (non-hydrogen) atoms. The maximum absolute atomic E-state index is 13.7. The van der Waals surface area contributed by atoms with Crippen LogP contribution < -0.4 is 10.2 Å². The number of carbonyl (C=O) groups excluding carboxylic acids is 2. The number of halogens is 4. The number of aromatic nitrogens is 2. The summed E-state index contributed by atoms with van der Waals surface area (Å²) in [6.45, 7) is 0.956. The van der Waals surface area contributed by atoms with Crippen molar-refractivity contribution in [2.45, 2.75) is 44.3 Å². The number of amides is 3. The zero-order valence-corrected chi connectivity index (χ0v) is 19.6. The molecule has 1 N–H and O–H groups in total. The summed E-state index contributed by atoms with van der Waals surface area (Å²) < 4.78 is 55.9. The Bertz CT molecular complexity index is 1370. The van der Waals surface area contributed by atoms with E-state index in [9.17, 15) is 27.2 Å². The van der Waals surface area contributed by atoms with Gasteiger partial charge in [0.25, 0.3) is 0 Å². The standard InChI is InChI=1S/C26H23F4N5O2/c27-17-5-3-14(4-6-17)16-7-24(36)33(11-16)21-10-31-35-13-22(15-1-2-15)34(12-23(21)35)26(37)32-18-8-19(28)25(30)20(29)9-18/h3-6,8-10,15-16,22H,1-2,7,11-13H2,(H,32,37). The molecule has 6 rings (SSSR count). The minimum absolute atomic E-state index is 0.0947. The zero-order valence-electron chi connectivity index (χ0n) is 19.6. The third kappa shape index (κ3) is 4.32. The second-order valence-electron chi connectivity index (χ2n) is 9.83. The molecule has 2 aliphatic heterocycles. The van der Waals surface area contributed by atoms with Crippen LogP contribution in [-0.4, -0.2) is 39.2 Å². The van der Waals surface area contributed by atoms with E-state index in [4.69, 9.17) is 0 Å². The highest BCUT2D eigenvalue weighted by molar-refractivity contribution is 5.97. The van der Waals surface area contributed by atoms with Gasteiger partial charge in [0.1, 0.15) is 5.82 Å². The molecular formula is C26H23F4N5O2. The third-order valence-corrected chi connectivity index (χ3v) is 7.43. The van der Waals surface area contributed by atoms with Crippen LogP contribution >= 0.6 is 0 Å². The number of urea groups is 1. The van der Waals surface area contributed by atoms with E-state index >= 15 is 0 Å². The lowest BCUT2D eigenvalue weighted by Crippen LogP contribution is -2.49. The highest BCUT2D eigenvalue weighted by Crippen LogP contribution is 2.41. The fourth-order valence-corrected chi connectivity index (χ4v) is 5.33. The molecule has 11 heteroatoms. The van der Waals surface area contributed by atoms with Crippen molar-refractivity contribution in [1.29, 1.82) is 0 Å². The van der Waals surface area contributed by atoms with Crippen LogP contribution in [-0.2, 0) is 17.9 Å². The van der Waals surface area contributed by atoms with Gasteiger partial charge in [-0.15, -0.1) is 0 Å². The summed E-state index contributed by atoms with van der Waals surface area (Å²) in [5.41, 5.74) is 1.95. The van der Waals surface area contributed by atoms with E-state index in [-0.39, 0.29) is 48.3 Å². The lowest BCUT2D eigenvalue weighted by atomic mass is 9.98. The third-order valence-electron chi connectivity index (χ3n) is 7.43. The number of anilines is 2. The average molecular weight is 513 g/mol. The summed E-state index contributed by atoms with van der Waals surface area (Å²) in [5.74, 6) is -4.66. The number of carbonyl (C=O) groups is 2. The first-order valence-electron chi connectivity index (χ1n) is 12.1. The molecule has 3 heterocycles. The fourth-order valence-electron chi connectivity index (χ4n) is 5.33. The Hall–Kier alpha value is -3.89. The molecule has 3 amide bonds. The van der Waals surface area contributed by atoms with Crippen molar-refractivity contribution < 1.29 is 27.2 Å². The van der Waals surface area contributed by atoms with E-state index < -0.39 is 23.5 Å². The van der Waals surface area contributed by atoms with Gasteiger partial charge in [-0.3, -0.25) is 9.48 Å². The van der Waals surface area contributed by atoms with Gasteiger partial charge in [0.15, 0.2) is 17.5 Å². The molecule has 1 aliphatic carbocycles. The van der Waals surface area contributed by atoms with Gasteiger partial charge >= 0.3 is 6.03 Å². The summed E-state index contributed by atoms with van der Waals surface area (Å²) in [5, 5.41) is 6.98. The van der Waals surface area contributed by atoms with Crippen LogP contribution in [0.25, 0.3) is 0 Å². The molecule has 192 valence electrons. The van der Waals surface area contributed by atoms with Crippen molar-refractivity contribution in [3.05, 3.63) is 77.1 Å². The van der Waals surface area contributed by atoms with E-state index in [0.717, 1.165) is 30.5 Å². The fraction of sp³-hybridized carbons (Fsp3) is 0.346. The van der Waals surface area contributed by atoms with E-state index in [1.807, 2.05) is 0 Å². The first kappa shape index (κ1) is 23.5. The molecule has 1 saturated carbocycles. The molecule has 3 aromatic rings. The van der Waals surface area contributed by atoms with Gasteiger partial charge in [-0.25, -0.2) is 22.4 Å². The maximum atomic E-state index is 13.7. The Balaban J connectivity index is 1.25. The topological polar surface area (TPSA) is 70.5 Å². The van der Waals surface area contributed by atoms with Crippen LogP contribution in [0.3, 0.4) is 0 Å². The highest BCUT2D eigenvalue weighted by Gasteiger charge is 2.43. The molecular weight excluding hydrogens is 490 g/mol. The minimum atomic E-state index is -1.60. The smallest absolute Gasteiger partial charge is 0.313 e. The minimum Gasteiger partial charge on any atom is -0.313 e. The normalized spacial score (nSPS) is 21.4. The lowest BCUT2D eigenvalue weighted by molar-refractivity contribution is -0.117. The van der Waals surface area contributed by atoms with E-state index in [1.54, 1.807) is 32.8 Å². The van der Waals surface area contributed by atoms with Gasteiger partial charge in [-0.2, -0.15) is 5.10 Å². The number of benzene rings is 2. The maximum Gasteiger partial charge on any atom is 0.322 e. The van der Waals surface area contributed by atoms with Crippen LogP contribution in [0, 0.1) is 29.2 Å². The van der Waals surface area contributed by atoms with Gasteiger partial charge in [0, 0.05) is 36.7 Å². The number of fused-ring (bicyclic) bond motifs is 1. The second-order valence-corrected chi connectivity index (χ2v) is 9.83. The molecule has 0 bridgehead atoms. The molecule has 2 atom stereocenters. The summed E-state index contributed by atoms with van der Waals surface area (Å²) in [6, 6.07) is 6.82. The monoisotopic (exact) mass is 513 g/mol. The Morgan fingerprint density at radius 3 is 2.38 bits per heavy atom. The first-order valence-corrected chi connectivity index (χ1v) is 12.1. The summed E-state index contributed by atoms with van der Waals surface area (Å²) in [6.07, 6.45) is 3.78. The number of nitrogens with zero attached hydrogens (tertiary/aromatic N) is 4. The summed E-state index contributed by atoms with van der Waals surface area (Å²) in [4.78, 5) is 29.4. The van der Waals surface area contributed by atoms with Crippen molar-refractivity contribution in [2.24, 2.45) is 5.92 Å². The molecule has 1 aromatic heterocycles. The molecule has 0 radical (unpaired) electrons. The van der Waals surface area contributed by atoms with Gasteiger partial charge < -0.3 is 15.1 Å². The van der Waals surface area contributed by atoms with Crippen LogP contribution in [0.4, 0.5) is 33.7 Å². The second kappa shape index (κ2) is 8.89. The van der Waals surface area contributed by atoms with Crippen LogP contribution in [0.5, 0.6) is 0 Å². The predicted molar refractivity (Wildman–Crippen MR) is 126 cm³/mol. The Morgan fingerprint density at radius 1 is 1.00 bits per heavy atom. The number of hydrogen-bond acceptors (Lipinski definition) is 3. The predicted octanol–water partition coefficient (Wildman–Crippen LogP) is 4.79. The Morgan fingerprint density at radius 2 is 1.70 bits per heavy atom. The van der Waals surface area contributed by atoms with Crippen molar-refractivity contribution >= 4 is 23.3 Å². The van der Waals surface area contributed by atoms with E-state index in [0.29, 0.717) is 24.5 Å². The van der Waals surface area contributed by atoms with Crippen molar-refractivity contribution in [3.8, 4) is 0 Å².